The molecule has 37 heteroatoms. The monoisotopic (exact) mass is 1030 g/mol. The van der Waals surface area contributed by atoms with Crippen LogP contribution in [0.2, 0.25) is 0 Å². The van der Waals surface area contributed by atoms with Crippen LogP contribution in [-0.2, 0) is 0 Å². The van der Waals surface area contributed by atoms with Gasteiger partial charge in [-0.15, -0.1) is 81.9 Å². The van der Waals surface area contributed by atoms with E-state index in [9.17, 15) is 0 Å². The topological polar surface area (TPSA) is 51.8 Å². The summed E-state index contributed by atoms with van der Waals surface area (Å²) < 4.78 is 7.11. The van der Waals surface area contributed by atoms with E-state index in [1.165, 1.54) is 0 Å². The lowest BCUT2D eigenvalue weighted by atomic mass is 9.55. The van der Waals surface area contributed by atoms with E-state index >= 15 is 0 Å². The van der Waals surface area contributed by atoms with Crippen LogP contribution < -0.4 is 180 Å². The van der Waals surface area contributed by atoms with Crippen LogP contribution in [0, 0.1) is 0 Å². The van der Waals surface area contributed by atoms with E-state index in [1.807, 2.05) is 0 Å². The van der Waals surface area contributed by atoms with Crippen LogP contribution in [0.15, 0.2) is 4.42 Å². The highest BCUT2D eigenvalue weighted by molar-refractivity contribution is 6.76. The molecule has 0 aliphatic carbocycles. The van der Waals surface area contributed by atoms with Crippen LogP contribution >= 0.6 is 0 Å². The average Bonchev–Trinajstić information content (AvgIpc) is 1.44. The van der Waals surface area contributed by atoms with Crippen molar-refractivity contribution in [3.8, 4) is 78.7 Å². The van der Waals surface area contributed by atoms with E-state index in [-0.39, 0.29) is 252 Å². The van der Waals surface area contributed by atoms with Gasteiger partial charge in [-0.3, -0.25) is 0 Å². The summed E-state index contributed by atoms with van der Waals surface area (Å²) in [5.41, 5.74) is -11.3. The molecule has 2 heterocycles. The van der Waals surface area contributed by atoms with Crippen LogP contribution in [0.5, 0.6) is 0 Å². The van der Waals surface area contributed by atoms with E-state index < -0.39 is 28.4 Å². The summed E-state index contributed by atoms with van der Waals surface area (Å²) in [4.78, 5) is 14.5. The Hall–Kier alpha value is -5.29. The number of rotatable bonds is 7. The molecule has 0 unspecified atom stereocenters. The van der Waals surface area contributed by atoms with E-state index in [0.717, 1.165) is 0 Å². The van der Waals surface area contributed by atoms with Crippen molar-refractivity contribution in [2.24, 2.45) is 0 Å². The molecule has 0 aliphatic rings. The first-order chi connectivity index (χ1) is 41.0. The summed E-state index contributed by atoms with van der Waals surface area (Å²) in [6.45, 7) is 0. The molecule has 0 atom stereocenters. The highest BCUT2D eigenvalue weighted by Crippen LogP contribution is 2.41. The largest absolute Gasteiger partial charge is 0.455 e. The molecule has 66 radical (unpaired) electrons. The Morgan fingerprint density at radius 3 is 0.580 bits per heavy atom. The highest BCUT2D eigenvalue weighted by Gasteiger charge is 2.33. The Labute approximate surface area is 555 Å². The van der Waals surface area contributed by atoms with Gasteiger partial charge < -0.3 is 4.42 Å². The maximum absolute atomic E-state index is 7.40. The molecule has 2 aromatic heterocycles. The van der Waals surface area contributed by atoms with Gasteiger partial charge in [-0.1, -0.05) is 98.3 Å². The maximum Gasteiger partial charge on any atom is 0.164 e. The Morgan fingerprint density at radius 2 is 0.295 bits per heavy atom. The Morgan fingerprint density at radius 1 is 0.136 bits per heavy atom. The van der Waals surface area contributed by atoms with Crippen molar-refractivity contribution in [1.29, 1.82) is 0 Å². The number of aromatic nitrogens is 3. The van der Waals surface area contributed by atoms with E-state index in [4.69, 9.17) is 278 Å². The number of benzene rings is 8. The van der Waals surface area contributed by atoms with Gasteiger partial charge in [0.05, 0.1) is 0 Å². The minimum atomic E-state index is -0.449. The van der Waals surface area contributed by atoms with Crippen LogP contribution in [0.1, 0.15) is 0 Å². The van der Waals surface area contributed by atoms with Gasteiger partial charge in [0.2, 0.25) is 0 Å². The van der Waals surface area contributed by atoms with Gasteiger partial charge in [0.1, 0.15) is 270 Å². The van der Waals surface area contributed by atoms with Crippen molar-refractivity contribution in [3.63, 3.8) is 0 Å². The third kappa shape index (κ3) is 9.31. The number of fused-ring (bicyclic) bond motifs is 3. The summed E-state index contributed by atoms with van der Waals surface area (Å²) in [6.07, 6.45) is 0. The minimum Gasteiger partial charge on any atom is -0.455 e. The molecule has 4 nitrogen and oxygen atoms in total. The first-order valence-corrected chi connectivity index (χ1v) is 25.3. The Kier molecular flexibility index (Phi) is 17.3. The van der Waals surface area contributed by atoms with Gasteiger partial charge >= 0.3 is 0 Å². The van der Waals surface area contributed by atoms with E-state index in [2.05, 4.69) is 0 Å². The van der Waals surface area contributed by atoms with Crippen LogP contribution in [0.25, 0.3) is 101 Å². The number of hydrogen-bond acceptors (Lipinski definition) is 4. The lowest BCUT2D eigenvalue weighted by molar-refractivity contribution is 0.672. The standard InChI is InChI=1S/C51B33N3O/c52-14-2(4-18(56)35(73)43(81)36(74)19(4)57)16(54)32(70)22(60)6(14)9-24(62)27(65)11(49-85-50(12-28(66)39(77)45(83)40(78)29(12)67)87-51(86-49)13-30(68)41(79)46(84)42(80)31(13)69)1-8-25(63)34(72)26(64)10(48(8)88-47(1)9)7-15(53)3(17(55)33(71)23(7)61)5-20(58)37(75)44(82)38(76)21(5)59. The van der Waals surface area contributed by atoms with Crippen molar-refractivity contribution in [2.45, 2.75) is 0 Å². The van der Waals surface area contributed by atoms with Gasteiger partial charge in [0.25, 0.3) is 0 Å². The SMILES string of the molecule is [B]c1c([B])c([B])c(-c2nc(-c3c([B])c([B])c([B])c([B])c3[B])nc(-c3c([B])c([B])c(-c4c([B])c([B])c([B])c(-c5c([B])c([B])c([B])c([B])c5[B])c4[B])c4oc5c(-c6c([B])c([B])c([B])c(-c7c([B])c([B])c([B])c([B])c7[B])c6[B])c([B])c([B])c([B])c5c34)n2)c([B])c1[B]. The predicted molar refractivity (Wildman–Crippen MR) is 403 cm³/mol. The average molecular weight is 1030 g/mol. The zero-order valence-corrected chi connectivity index (χ0v) is 46.3. The molecular formula is C51B33N3O. The molecule has 10 rings (SSSR count). The molecule has 0 fully saturated rings. The van der Waals surface area contributed by atoms with Crippen LogP contribution in [-0.4, -0.2) is 274 Å². The zero-order valence-electron chi connectivity index (χ0n) is 46.3. The second-order valence-corrected chi connectivity index (χ2v) is 20.6. The first kappa shape index (κ1) is 65.7. The third-order valence-electron chi connectivity index (χ3n) is 16.0. The molecule has 88 heavy (non-hydrogen) atoms. The molecular weight excluding hydrogens is 1030 g/mol. The van der Waals surface area contributed by atoms with Crippen molar-refractivity contribution in [1.82, 2.24) is 15.0 Å². The fourth-order valence-corrected chi connectivity index (χ4v) is 10.9. The third-order valence-corrected chi connectivity index (χ3v) is 16.0. The molecule has 0 aliphatic heterocycles. The van der Waals surface area contributed by atoms with Gasteiger partial charge in [0, 0.05) is 38.6 Å². The maximum atomic E-state index is 7.40. The van der Waals surface area contributed by atoms with Gasteiger partial charge in [0.15, 0.2) is 17.5 Å². The fourth-order valence-electron chi connectivity index (χ4n) is 10.9. The number of nitrogens with zero attached hydrogens (tertiary/aromatic N) is 3. The first-order valence-electron chi connectivity index (χ1n) is 25.3. The van der Waals surface area contributed by atoms with Crippen molar-refractivity contribution < 1.29 is 4.42 Å². The van der Waals surface area contributed by atoms with E-state index in [1.54, 1.807) is 0 Å². The summed E-state index contributed by atoms with van der Waals surface area (Å²) in [5, 5.41) is -0.365. The molecule has 0 N–H and O–H groups in total. The second kappa shape index (κ2) is 23.1. The lowest BCUT2D eigenvalue weighted by Crippen LogP contribution is -2.57. The zero-order chi connectivity index (χ0) is 65.3. The molecule has 0 spiro atoms. The fraction of sp³-hybridized carbons (Fsp3) is 0. The quantitative estimate of drug-likeness (QED) is 0.149. The molecule has 0 amide bonds. The predicted octanol–water partition coefficient (Wildman–Crippen LogP) is -26.4. The summed E-state index contributed by atoms with van der Waals surface area (Å²) in [6, 6.07) is 0. The molecule has 324 valence electrons. The Bertz CT molecular complexity index is 4700. The summed E-state index contributed by atoms with van der Waals surface area (Å²) in [7, 11) is 221. The normalized spacial score (nSPS) is 11.5. The molecule has 0 bridgehead atoms. The smallest absolute Gasteiger partial charge is 0.164 e. The number of hydrogen-bond donors (Lipinski definition) is 0. The molecule has 10 aromatic rings. The van der Waals surface area contributed by atoms with Gasteiger partial charge in [-0.25, -0.2) is 15.0 Å². The lowest BCUT2D eigenvalue weighted by Gasteiger charge is -2.29. The molecule has 8 aromatic carbocycles. The minimum absolute atomic E-state index is 0.105. The Balaban J connectivity index is 1.49. The van der Waals surface area contributed by atoms with Crippen molar-refractivity contribution in [3.05, 3.63) is 0 Å². The van der Waals surface area contributed by atoms with Crippen molar-refractivity contribution >= 4 is 461 Å². The van der Waals surface area contributed by atoms with Crippen LogP contribution in [0.3, 0.4) is 0 Å². The molecule has 0 saturated heterocycles. The summed E-state index contributed by atoms with van der Waals surface area (Å²) in [5.74, 6) is -1.23. The van der Waals surface area contributed by atoms with Gasteiger partial charge in [-0.2, -0.15) is 0 Å². The van der Waals surface area contributed by atoms with Crippen LogP contribution in [0.4, 0.5) is 0 Å². The highest BCUT2D eigenvalue weighted by atomic mass is 16.3. The number of furan rings is 1. The van der Waals surface area contributed by atoms with Crippen molar-refractivity contribution in [2.75, 3.05) is 0 Å². The molecule has 0 saturated carbocycles. The second-order valence-electron chi connectivity index (χ2n) is 20.6. The summed E-state index contributed by atoms with van der Waals surface area (Å²) >= 11 is 0. The van der Waals surface area contributed by atoms with Gasteiger partial charge in [-0.05, 0) is 33.4 Å². The van der Waals surface area contributed by atoms with E-state index in [0.29, 0.717) is 0 Å².